The first-order valence-corrected chi connectivity index (χ1v) is 40.4. The van der Waals surface area contributed by atoms with Gasteiger partial charge in [0.25, 0.3) is 0 Å². The number of sulfone groups is 3. The van der Waals surface area contributed by atoms with E-state index in [4.69, 9.17) is 0 Å². The van der Waals surface area contributed by atoms with Crippen LogP contribution >= 0.6 is 0 Å². The normalized spacial score (nSPS) is 12.6. The zero-order valence-electron chi connectivity index (χ0n) is 54.0. The lowest BCUT2D eigenvalue weighted by Crippen LogP contribution is -2.30. The highest BCUT2D eigenvalue weighted by molar-refractivity contribution is 7.99. The molecule has 0 amide bonds. The molecule has 2 aromatic heterocycles. The molecule has 0 aliphatic rings. The van der Waals surface area contributed by atoms with Crippen LogP contribution in [0.5, 0.6) is 0 Å². The summed E-state index contributed by atoms with van der Waals surface area (Å²) in [5.74, 6) is 5.29. The van der Waals surface area contributed by atoms with Gasteiger partial charge in [-0.15, -0.1) is 0 Å². The average molecular weight is 1360 g/mol. The number of sulfonamides is 3. The number of nitrogens with zero attached hydrogens (tertiary/aromatic N) is 2. The van der Waals surface area contributed by atoms with Gasteiger partial charge in [-0.3, -0.25) is 9.19 Å². The molecule has 0 spiro atoms. The molecular weight excluding hydrogens is 1260 g/mol. The molecule has 0 radical (unpaired) electrons. The summed E-state index contributed by atoms with van der Waals surface area (Å²) in [4.78, 5) is 8.60. The summed E-state index contributed by atoms with van der Waals surface area (Å²) in [6.45, 7) is 29.7. The number of halogens is 2. The first kappa shape index (κ1) is 84.5. The first-order chi connectivity index (χ1) is 39.4. The molecule has 3 aromatic carbocycles. The predicted molar refractivity (Wildman–Crippen MR) is 356 cm³/mol. The van der Waals surface area contributed by atoms with Crippen molar-refractivity contribution in [1.29, 1.82) is 0 Å². The monoisotopic (exact) mass is 1360 g/mol. The Hall–Kier alpha value is -4.58. The Balaban J connectivity index is 0. The Kier molecular flexibility index (Phi) is 37.7. The summed E-state index contributed by atoms with van der Waals surface area (Å²) in [5.41, 5.74) is 5.30. The van der Waals surface area contributed by atoms with Crippen molar-refractivity contribution in [2.75, 3.05) is 47.8 Å². The molecule has 2 heterocycles. The third-order valence-electron chi connectivity index (χ3n) is 9.74. The maximum atomic E-state index is 13.0. The number of rotatable bonds is 20. The molecule has 87 heavy (non-hydrogen) atoms. The minimum Gasteiger partial charge on any atom is -0.268 e. The number of pyridine rings is 2. The van der Waals surface area contributed by atoms with Crippen LogP contribution in [-0.4, -0.2) is 136 Å². The molecule has 0 aliphatic heterocycles. The number of hydrogen-bond donors (Lipinski definition) is 3. The highest BCUT2D eigenvalue weighted by Crippen LogP contribution is 2.24. The molecular formula is C60H97F2N5O13S7. The van der Waals surface area contributed by atoms with Crippen molar-refractivity contribution in [3.8, 4) is 22.3 Å². The van der Waals surface area contributed by atoms with Crippen molar-refractivity contribution in [3.63, 3.8) is 0 Å². The number of hydrogen-bond acceptors (Lipinski definition) is 15. The Morgan fingerprint density at radius 2 is 0.747 bits per heavy atom. The molecule has 18 nitrogen and oxygen atoms in total. The summed E-state index contributed by atoms with van der Waals surface area (Å²) < 4.78 is 177. The predicted octanol–water partition coefficient (Wildman–Crippen LogP) is 10.3. The number of aromatic nitrogens is 2. The Morgan fingerprint density at radius 3 is 0.989 bits per heavy atom. The SMILES string of the molecule is C=S(C)(=O)CC(C)C.CC(C)CS(=O)(=O)CF.CC(C)CS(C)(=O)=O.CC(C)CS(C)(=O)=O.CC(C)NS(=O)(=O)c1ccc(-c2ccnc(F)c2)cc1.CC(C)NS(=O)(=O)c1ccccc1.Cc1cc(-c2ccc(S(=O)(=O)NC(C)C)cc2)cc(C)n1. The number of benzene rings is 3. The Morgan fingerprint density at radius 1 is 0.425 bits per heavy atom. The molecule has 0 bridgehead atoms. The maximum absolute atomic E-state index is 13.0. The highest BCUT2D eigenvalue weighted by atomic mass is 32.2. The summed E-state index contributed by atoms with van der Waals surface area (Å²) >= 11 is 0. The van der Waals surface area contributed by atoms with E-state index in [1.165, 1.54) is 36.9 Å². The van der Waals surface area contributed by atoms with Crippen molar-refractivity contribution in [2.24, 2.45) is 23.7 Å². The van der Waals surface area contributed by atoms with E-state index in [0.29, 0.717) is 27.9 Å². The van der Waals surface area contributed by atoms with Crippen LogP contribution in [0.2, 0.25) is 0 Å². The van der Waals surface area contributed by atoms with Crippen molar-refractivity contribution < 1.29 is 63.5 Å². The fourth-order valence-corrected chi connectivity index (χ4v) is 16.2. The van der Waals surface area contributed by atoms with E-state index in [-0.39, 0.29) is 51.4 Å². The molecule has 1 unspecified atom stereocenters. The largest absolute Gasteiger partial charge is 0.268 e. The molecule has 0 fully saturated rings. The smallest absolute Gasteiger partial charge is 0.240 e. The van der Waals surface area contributed by atoms with Gasteiger partial charge in [0.15, 0.2) is 15.8 Å². The summed E-state index contributed by atoms with van der Waals surface area (Å²) in [6.07, 6.45) is 5.59. The molecule has 0 saturated carbocycles. The van der Waals surface area contributed by atoms with Crippen molar-refractivity contribution in [3.05, 3.63) is 127 Å². The van der Waals surface area contributed by atoms with E-state index in [9.17, 15) is 63.5 Å². The van der Waals surface area contributed by atoms with E-state index in [1.54, 1.807) is 122 Å². The zero-order chi connectivity index (χ0) is 68.1. The standard InChI is InChI=1S/C16H20N2O2S.C14H15FN2O2S.C9H13NO2S.C6H14OS.C5H11FO2S.2C5H12O2S/c1-11(2)18-21(19,20)16-7-5-14(6-8-16)15-9-12(3)17-13(4)10-15;1-10(2)17-20(18,19)13-5-3-11(4-6-13)12-7-8-16-14(15)9-12;1-8(2)10-13(11,12)9-6-4-3-5-7-9;1-6(2)5-8(3,4)7;1-5(2)3-9(7,8)4-6;2*1-5(2)4-8(3,6)7/h5-11,18H,1-4H3;3-10,17H,1-2H3;3-8,10H,1-2H3;6H,3,5H2,1-2,4H3;5H,3-4H2,1-2H3;2*5H,4H2,1-3H3. The average Bonchev–Trinajstić information content (AvgIpc) is 3.04. The van der Waals surface area contributed by atoms with Gasteiger partial charge in [-0.2, -0.15) is 4.39 Å². The fourth-order valence-electron chi connectivity index (χ4n) is 7.44. The van der Waals surface area contributed by atoms with Gasteiger partial charge < -0.3 is 0 Å². The van der Waals surface area contributed by atoms with Crippen LogP contribution in [0.4, 0.5) is 8.78 Å². The summed E-state index contributed by atoms with van der Waals surface area (Å²) in [5, 5.41) is 0. The second-order valence-corrected chi connectivity index (χ2v) is 37.6. The highest BCUT2D eigenvalue weighted by Gasteiger charge is 2.18. The molecule has 5 rings (SSSR count). The molecule has 1 atom stereocenters. The molecule has 3 N–H and O–H groups in total. The molecule has 0 aliphatic carbocycles. The van der Waals surface area contributed by atoms with E-state index < -0.39 is 81.1 Å². The maximum Gasteiger partial charge on any atom is 0.240 e. The van der Waals surface area contributed by atoms with Gasteiger partial charge in [0.2, 0.25) is 36.0 Å². The van der Waals surface area contributed by atoms with Gasteiger partial charge in [0, 0.05) is 66.3 Å². The molecule has 496 valence electrons. The van der Waals surface area contributed by atoms with Gasteiger partial charge >= 0.3 is 0 Å². The number of nitrogens with one attached hydrogen (secondary N) is 3. The molecule has 5 aromatic rings. The van der Waals surface area contributed by atoms with E-state index >= 15 is 0 Å². The topological polar surface area (TPSA) is 284 Å². The van der Waals surface area contributed by atoms with Gasteiger partial charge in [-0.05, 0) is 171 Å². The van der Waals surface area contributed by atoms with Crippen molar-refractivity contribution in [2.45, 2.75) is 144 Å². The van der Waals surface area contributed by atoms with E-state index in [0.717, 1.165) is 33.8 Å². The zero-order valence-corrected chi connectivity index (χ0v) is 59.7. The number of aryl methyl sites for hydroxylation is 2. The lowest BCUT2D eigenvalue weighted by molar-refractivity contribution is 0.526. The Labute approximate surface area is 522 Å². The van der Waals surface area contributed by atoms with Crippen LogP contribution in [0.1, 0.15) is 108 Å². The number of alkyl halides is 1. The quantitative estimate of drug-likeness (QED) is 0.0482. The van der Waals surface area contributed by atoms with Crippen molar-refractivity contribution >= 4 is 75.0 Å². The van der Waals surface area contributed by atoms with Gasteiger partial charge in [0.1, 0.15) is 19.7 Å². The van der Waals surface area contributed by atoms with Crippen LogP contribution in [-0.2, 0) is 69.1 Å². The third-order valence-corrected chi connectivity index (χ3v) is 20.2. The Bertz CT molecular complexity index is 3540. The van der Waals surface area contributed by atoms with Gasteiger partial charge in [-0.25, -0.2) is 74.0 Å². The van der Waals surface area contributed by atoms with Crippen LogP contribution in [0.25, 0.3) is 22.3 Å². The minimum absolute atomic E-state index is 0.0192. The molecule has 0 saturated heterocycles. The van der Waals surface area contributed by atoms with Crippen molar-refractivity contribution in [1.82, 2.24) is 24.1 Å². The summed E-state index contributed by atoms with van der Waals surface area (Å²) in [6, 6.07) is 26.9. The van der Waals surface area contributed by atoms with E-state index in [2.05, 4.69) is 30.0 Å². The fraction of sp³-hybridized carbons (Fsp3) is 0.517. The van der Waals surface area contributed by atoms with Crippen LogP contribution in [0.15, 0.2) is 124 Å². The van der Waals surface area contributed by atoms with Gasteiger partial charge in [-0.1, -0.05) is 97.9 Å². The second-order valence-electron chi connectivity index (χ2n) is 23.3. The lowest BCUT2D eigenvalue weighted by atomic mass is 10.1. The van der Waals surface area contributed by atoms with Crippen LogP contribution in [0.3, 0.4) is 0 Å². The third kappa shape index (κ3) is 42.9. The molecule has 27 heteroatoms. The van der Waals surface area contributed by atoms with Crippen LogP contribution in [0, 0.1) is 43.5 Å². The minimum atomic E-state index is -3.50. The van der Waals surface area contributed by atoms with Crippen LogP contribution < -0.4 is 14.2 Å². The second kappa shape index (κ2) is 38.9. The summed E-state index contributed by atoms with van der Waals surface area (Å²) in [7, 11) is -20.8. The lowest BCUT2D eigenvalue weighted by Gasteiger charge is -2.10. The first-order valence-electron chi connectivity index (χ1n) is 27.7. The van der Waals surface area contributed by atoms with Gasteiger partial charge in [0.05, 0.1) is 31.9 Å². The van der Waals surface area contributed by atoms with E-state index in [1.807, 2.05) is 79.7 Å².